The molecule has 8 nitrogen and oxygen atoms in total. The lowest BCUT2D eigenvalue weighted by Crippen LogP contribution is -2.37. The quantitative estimate of drug-likeness (QED) is 0.0401. The van der Waals surface area contributed by atoms with E-state index in [4.69, 9.17) is 18.5 Å². The van der Waals surface area contributed by atoms with Gasteiger partial charge in [-0.2, -0.15) is 0 Å². The topological polar surface area (TPSA) is 94.1 Å². The zero-order valence-electron chi connectivity index (χ0n) is 26.1. The molecule has 2 atom stereocenters. The fraction of sp³-hybridized carbons (Fsp3) is 0.967. The van der Waals surface area contributed by atoms with Gasteiger partial charge in [-0.05, 0) is 12.8 Å². The van der Waals surface area contributed by atoms with Gasteiger partial charge in [-0.3, -0.25) is 9.36 Å². The van der Waals surface area contributed by atoms with Gasteiger partial charge < -0.3 is 27.9 Å². The predicted octanol–water partition coefficient (Wildman–Crippen LogP) is 7.18. The van der Waals surface area contributed by atoms with Crippen LogP contribution in [0.3, 0.4) is 0 Å². The van der Waals surface area contributed by atoms with E-state index >= 15 is 0 Å². The summed E-state index contributed by atoms with van der Waals surface area (Å²) < 4.78 is 34.1. The number of nitrogens with zero attached hydrogens (tertiary/aromatic N) is 1. The molecule has 0 heterocycles. The van der Waals surface area contributed by atoms with E-state index < -0.39 is 13.9 Å². The first-order valence-corrected chi connectivity index (χ1v) is 17.2. The maximum absolute atomic E-state index is 12.4. The van der Waals surface area contributed by atoms with E-state index in [1.54, 1.807) is 0 Å². The van der Waals surface area contributed by atoms with Gasteiger partial charge in [0.15, 0.2) is 0 Å². The third-order valence-electron chi connectivity index (χ3n) is 6.66. The predicted molar refractivity (Wildman–Crippen MR) is 158 cm³/mol. The molecule has 0 aliphatic carbocycles. The lowest BCUT2D eigenvalue weighted by Gasteiger charge is -2.28. The third kappa shape index (κ3) is 28.8. The minimum Gasteiger partial charge on any atom is -0.756 e. The van der Waals surface area contributed by atoms with Crippen molar-refractivity contribution in [3.05, 3.63) is 0 Å². The van der Waals surface area contributed by atoms with Gasteiger partial charge in [-0.25, -0.2) is 0 Å². The average Bonchev–Trinajstić information content (AvgIpc) is 2.86. The third-order valence-corrected chi connectivity index (χ3v) is 7.62. The van der Waals surface area contributed by atoms with Crippen molar-refractivity contribution in [2.45, 2.75) is 136 Å². The van der Waals surface area contributed by atoms with Crippen molar-refractivity contribution in [2.24, 2.45) is 0 Å². The molecule has 39 heavy (non-hydrogen) atoms. The van der Waals surface area contributed by atoms with Crippen molar-refractivity contribution in [3.8, 4) is 0 Å². The van der Waals surface area contributed by atoms with Crippen molar-refractivity contribution in [1.82, 2.24) is 0 Å². The van der Waals surface area contributed by atoms with Crippen LogP contribution in [0.2, 0.25) is 0 Å². The number of phosphoric ester groups is 1. The number of carbonyl (C=O) groups excluding carboxylic acids is 1. The highest BCUT2D eigenvalue weighted by molar-refractivity contribution is 7.45. The Labute approximate surface area is 240 Å². The molecule has 0 aromatic carbocycles. The van der Waals surface area contributed by atoms with Crippen LogP contribution in [0, 0.1) is 0 Å². The van der Waals surface area contributed by atoms with Gasteiger partial charge in [0.25, 0.3) is 7.82 Å². The standard InChI is InChI=1S/C30H62NO7P/c1-6-8-10-12-14-15-16-17-18-20-22-25-35-27-29(38-30(32)23-21-19-13-11-9-7-2)28-37-39(33,34)36-26-24-31(3,4)5/h29H,6-28H2,1-5H3. The number of phosphoric acid groups is 1. The van der Waals surface area contributed by atoms with E-state index in [2.05, 4.69) is 13.8 Å². The number of carbonyl (C=O) groups is 1. The molecule has 0 aliphatic heterocycles. The van der Waals surface area contributed by atoms with Crippen LogP contribution in [0.25, 0.3) is 0 Å². The van der Waals surface area contributed by atoms with Gasteiger partial charge in [0, 0.05) is 13.0 Å². The summed E-state index contributed by atoms with van der Waals surface area (Å²) in [7, 11) is 1.36. The second kappa shape index (κ2) is 25.2. The van der Waals surface area contributed by atoms with Gasteiger partial charge in [-0.15, -0.1) is 0 Å². The summed E-state index contributed by atoms with van der Waals surface area (Å²) in [6.07, 6.45) is 19.8. The van der Waals surface area contributed by atoms with Crippen LogP contribution in [0.5, 0.6) is 0 Å². The molecule has 0 saturated heterocycles. The highest BCUT2D eigenvalue weighted by atomic mass is 31.2. The van der Waals surface area contributed by atoms with Crippen LogP contribution in [0.4, 0.5) is 0 Å². The number of hydrogen-bond donors (Lipinski definition) is 0. The van der Waals surface area contributed by atoms with E-state index in [1.165, 1.54) is 77.0 Å². The van der Waals surface area contributed by atoms with Gasteiger partial charge in [0.1, 0.15) is 19.3 Å². The summed E-state index contributed by atoms with van der Waals surface area (Å²) in [5, 5.41) is 0. The molecule has 2 unspecified atom stereocenters. The molecule has 9 heteroatoms. The van der Waals surface area contributed by atoms with Gasteiger partial charge in [-0.1, -0.05) is 110 Å². The van der Waals surface area contributed by atoms with Crippen molar-refractivity contribution in [2.75, 3.05) is 54.1 Å². The highest BCUT2D eigenvalue weighted by Gasteiger charge is 2.20. The first kappa shape index (κ1) is 38.5. The normalized spacial score (nSPS) is 14.3. The molecular weight excluding hydrogens is 517 g/mol. The number of likely N-dealkylation sites (N-methyl/N-ethyl adjacent to an activating group) is 1. The second-order valence-electron chi connectivity index (χ2n) is 11.8. The monoisotopic (exact) mass is 579 g/mol. The molecule has 0 bridgehead atoms. The zero-order valence-corrected chi connectivity index (χ0v) is 27.0. The second-order valence-corrected chi connectivity index (χ2v) is 13.2. The Bertz CT molecular complexity index is 613. The van der Waals surface area contributed by atoms with Crippen molar-refractivity contribution < 1.29 is 37.3 Å². The summed E-state index contributed by atoms with van der Waals surface area (Å²) >= 11 is 0. The Hall–Kier alpha value is -0.500. The molecule has 0 aromatic rings. The summed E-state index contributed by atoms with van der Waals surface area (Å²) in [5.41, 5.74) is 0. The Morgan fingerprint density at radius 1 is 0.692 bits per heavy atom. The molecule has 0 aliphatic rings. The number of rotatable bonds is 29. The lowest BCUT2D eigenvalue weighted by atomic mass is 10.1. The molecule has 0 saturated carbocycles. The summed E-state index contributed by atoms with van der Waals surface area (Å²) in [4.78, 5) is 24.6. The smallest absolute Gasteiger partial charge is 0.306 e. The van der Waals surface area contributed by atoms with Crippen LogP contribution >= 0.6 is 7.82 Å². The van der Waals surface area contributed by atoms with Crippen molar-refractivity contribution in [3.63, 3.8) is 0 Å². The first-order chi connectivity index (χ1) is 18.6. The Balaban J connectivity index is 4.31. The molecule has 0 fully saturated rings. The van der Waals surface area contributed by atoms with Gasteiger partial charge >= 0.3 is 5.97 Å². The average molecular weight is 580 g/mol. The molecule has 0 aromatic heterocycles. The number of ether oxygens (including phenoxy) is 2. The van der Waals surface area contributed by atoms with Crippen LogP contribution in [-0.2, 0) is 27.9 Å². The fourth-order valence-corrected chi connectivity index (χ4v) is 4.86. The molecule has 0 rings (SSSR count). The van der Waals surface area contributed by atoms with E-state index in [0.29, 0.717) is 24.1 Å². The number of esters is 1. The maximum atomic E-state index is 12.4. The number of hydrogen-bond acceptors (Lipinski definition) is 7. The lowest BCUT2D eigenvalue weighted by molar-refractivity contribution is -0.870. The fourth-order valence-electron chi connectivity index (χ4n) is 4.13. The minimum absolute atomic E-state index is 0.0299. The minimum atomic E-state index is -4.49. The number of quaternary nitrogens is 1. The Morgan fingerprint density at radius 3 is 1.69 bits per heavy atom. The van der Waals surface area contributed by atoms with E-state index in [9.17, 15) is 14.3 Å². The van der Waals surface area contributed by atoms with Crippen LogP contribution in [0.1, 0.15) is 129 Å². The summed E-state index contributed by atoms with van der Waals surface area (Å²) in [6.45, 7) is 5.34. The summed E-state index contributed by atoms with van der Waals surface area (Å²) in [6, 6.07) is 0. The molecule has 0 amide bonds. The molecule has 0 radical (unpaired) electrons. The largest absolute Gasteiger partial charge is 0.756 e. The van der Waals surface area contributed by atoms with Gasteiger partial charge in [0.05, 0.1) is 34.4 Å². The van der Waals surface area contributed by atoms with Crippen molar-refractivity contribution >= 4 is 13.8 Å². The van der Waals surface area contributed by atoms with E-state index in [-0.39, 0.29) is 25.8 Å². The Kier molecular flexibility index (Phi) is 24.9. The van der Waals surface area contributed by atoms with Crippen molar-refractivity contribution in [1.29, 1.82) is 0 Å². The first-order valence-electron chi connectivity index (χ1n) is 15.8. The Morgan fingerprint density at radius 2 is 1.18 bits per heavy atom. The van der Waals surface area contributed by atoms with E-state index in [1.807, 2.05) is 21.1 Å². The molecule has 0 spiro atoms. The molecule has 234 valence electrons. The van der Waals surface area contributed by atoms with Gasteiger partial charge in [0.2, 0.25) is 0 Å². The SMILES string of the molecule is CCCCCCCCCCCCCOCC(COP(=O)([O-])OCC[N+](C)(C)C)OC(=O)CCCCCCCC. The molecule has 0 N–H and O–H groups in total. The van der Waals surface area contributed by atoms with Crippen LogP contribution < -0.4 is 4.89 Å². The highest BCUT2D eigenvalue weighted by Crippen LogP contribution is 2.38. The van der Waals surface area contributed by atoms with E-state index in [0.717, 1.165) is 32.1 Å². The summed E-state index contributed by atoms with van der Waals surface area (Å²) in [5.74, 6) is -0.343. The maximum Gasteiger partial charge on any atom is 0.306 e. The zero-order chi connectivity index (χ0) is 29.2. The van der Waals surface area contributed by atoms with Crippen LogP contribution in [0.15, 0.2) is 0 Å². The van der Waals surface area contributed by atoms with Crippen LogP contribution in [-0.4, -0.2) is 70.7 Å². The molecular formula is C30H62NO7P. The number of unbranched alkanes of at least 4 members (excludes halogenated alkanes) is 15.